The molecule has 2 aliphatic heterocycles. The molecule has 0 radical (unpaired) electrons. The summed E-state index contributed by atoms with van der Waals surface area (Å²) < 4.78 is 5.43. The van der Waals surface area contributed by atoms with Crippen molar-refractivity contribution < 1.29 is 19.1 Å². The number of amides is 3. The molecule has 5 aliphatic rings. The van der Waals surface area contributed by atoms with E-state index in [1.54, 1.807) is 27.0 Å². The fourth-order valence-corrected chi connectivity index (χ4v) is 5.96. The lowest BCUT2D eigenvalue weighted by atomic mass is 9.42. The molecule has 0 unspecified atom stereocenters. The summed E-state index contributed by atoms with van der Waals surface area (Å²) in [6, 6.07) is 0. The second kappa shape index (κ2) is 6.43. The third-order valence-corrected chi connectivity index (χ3v) is 8.14. The Balaban J connectivity index is 1.55. The number of aromatic nitrogens is 2. The van der Waals surface area contributed by atoms with Gasteiger partial charge in [0.2, 0.25) is 11.8 Å². The first-order valence-electron chi connectivity index (χ1n) is 10.8. The standard InChI is InChI=1S/C22H28N4O4S/c1-12-13-9-22(12,10-13)26-15-14(11-23-18(24-15)31-5)8-21(17(26)28)6-7-25(16(21)27)19(29)30-20(2,3)4/h11-13H,6-10H2,1-5H3/t12-,13?,21+,22?/m1/s1. The van der Waals surface area contributed by atoms with Crippen LogP contribution in [0.2, 0.25) is 0 Å². The van der Waals surface area contributed by atoms with Gasteiger partial charge in [-0.2, -0.15) is 0 Å². The third kappa shape index (κ3) is 2.71. The molecular weight excluding hydrogens is 416 g/mol. The van der Waals surface area contributed by atoms with Crippen molar-refractivity contribution in [1.82, 2.24) is 14.9 Å². The molecule has 3 saturated carbocycles. The first-order valence-corrected chi connectivity index (χ1v) is 12.0. The van der Waals surface area contributed by atoms with E-state index in [2.05, 4.69) is 11.9 Å². The zero-order valence-corrected chi connectivity index (χ0v) is 19.4. The summed E-state index contributed by atoms with van der Waals surface area (Å²) >= 11 is 1.43. The Morgan fingerprint density at radius 1 is 1.26 bits per heavy atom. The molecule has 9 heteroatoms. The highest BCUT2D eigenvalue weighted by atomic mass is 32.2. The summed E-state index contributed by atoms with van der Waals surface area (Å²) in [5, 5.41) is 0.611. The van der Waals surface area contributed by atoms with Crippen molar-refractivity contribution in [2.75, 3.05) is 17.7 Å². The normalized spacial score (nSPS) is 33.8. The van der Waals surface area contributed by atoms with E-state index in [0.717, 1.165) is 23.3 Å². The number of hydrogen-bond donors (Lipinski definition) is 0. The minimum absolute atomic E-state index is 0.178. The second-order valence-corrected chi connectivity index (χ2v) is 11.1. The van der Waals surface area contributed by atoms with Gasteiger partial charge in [-0.1, -0.05) is 18.7 Å². The fraction of sp³-hybridized carbons (Fsp3) is 0.682. The molecule has 3 aliphatic carbocycles. The Labute approximate surface area is 186 Å². The first-order chi connectivity index (χ1) is 14.5. The molecule has 0 N–H and O–H groups in total. The van der Waals surface area contributed by atoms with Crippen LogP contribution in [0.25, 0.3) is 0 Å². The van der Waals surface area contributed by atoms with E-state index in [9.17, 15) is 14.4 Å². The molecule has 6 rings (SSSR count). The van der Waals surface area contributed by atoms with E-state index in [1.807, 2.05) is 11.2 Å². The van der Waals surface area contributed by atoms with E-state index in [1.165, 1.54) is 11.8 Å². The zero-order chi connectivity index (χ0) is 22.3. The van der Waals surface area contributed by atoms with Crippen LogP contribution in [-0.4, -0.2) is 56.7 Å². The third-order valence-electron chi connectivity index (χ3n) is 7.58. The van der Waals surface area contributed by atoms with Crippen molar-refractivity contribution >= 4 is 35.5 Å². The largest absolute Gasteiger partial charge is 0.443 e. The van der Waals surface area contributed by atoms with Crippen LogP contribution in [0.5, 0.6) is 0 Å². The van der Waals surface area contributed by atoms with Crippen molar-refractivity contribution in [1.29, 1.82) is 0 Å². The van der Waals surface area contributed by atoms with Crippen LogP contribution in [-0.2, 0) is 20.7 Å². The van der Waals surface area contributed by atoms with Crippen molar-refractivity contribution in [2.24, 2.45) is 17.3 Å². The number of carbonyl (C=O) groups is 3. The predicted molar refractivity (Wildman–Crippen MR) is 115 cm³/mol. The van der Waals surface area contributed by atoms with Gasteiger partial charge in [-0.15, -0.1) is 0 Å². The van der Waals surface area contributed by atoms with Gasteiger partial charge in [-0.25, -0.2) is 19.7 Å². The average Bonchev–Trinajstić information content (AvgIpc) is 2.99. The molecule has 2 atom stereocenters. The van der Waals surface area contributed by atoms with Gasteiger partial charge in [-0.3, -0.25) is 14.5 Å². The predicted octanol–water partition coefficient (Wildman–Crippen LogP) is 3.04. The zero-order valence-electron chi connectivity index (χ0n) is 18.6. The van der Waals surface area contributed by atoms with Crippen LogP contribution in [0.4, 0.5) is 10.6 Å². The number of hydrogen-bond acceptors (Lipinski definition) is 7. The molecule has 2 bridgehead atoms. The Bertz CT molecular complexity index is 1000. The summed E-state index contributed by atoms with van der Waals surface area (Å²) in [7, 11) is 0. The second-order valence-electron chi connectivity index (χ2n) is 10.4. The number of rotatable bonds is 2. The molecule has 0 aromatic carbocycles. The Morgan fingerprint density at radius 3 is 2.52 bits per heavy atom. The lowest BCUT2D eigenvalue weighted by Crippen LogP contribution is -2.78. The topological polar surface area (TPSA) is 92.7 Å². The Hall–Kier alpha value is -2.16. The number of fused-ring (bicyclic) bond motifs is 1. The molecule has 8 nitrogen and oxygen atoms in total. The number of imide groups is 1. The van der Waals surface area contributed by atoms with Gasteiger partial charge >= 0.3 is 6.09 Å². The van der Waals surface area contributed by atoms with E-state index in [4.69, 9.17) is 9.72 Å². The van der Waals surface area contributed by atoms with E-state index < -0.39 is 23.0 Å². The number of anilines is 1. The van der Waals surface area contributed by atoms with Gasteiger partial charge in [0.15, 0.2) is 5.16 Å². The highest BCUT2D eigenvalue weighted by molar-refractivity contribution is 7.98. The number of thioether (sulfide) groups is 1. The molecule has 166 valence electrons. The lowest BCUT2D eigenvalue weighted by molar-refractivity contribution is -0.153. The lowest BCUT2D eigenvalue weighted by Gasteiger charge is -2.71. The smallest absolute Gasteiger partial charge is 0.417 e. The maximum Gasteiger partial charge on any atom is 0.417 e. The van der Waals surface area contributed by atoms with Crippen molar-refractivity contribution in [3.63, 3.8) is 0 Å². The molecule has 1 saturated heterocycles. The van der Waals surface area contributed by atoms with Crippen LogP contribution in [0, 0.1) is 17.3 Å². The minimum atomic E-state index is -1.29. The van der Waals surface area contributed by atoms with Crippen LogP contribution in [0.15, 0.2) is 11.4 Å². The van der Waals surface area contributed by atoms with Gasteiger partial charge in [-0.05, 0) is 58.1 Å². The van der Waals surface area contributed by atoms with Crippen LogP contribution >= 0.6 is 11.8 Å². The van der Waals surface area contributed by atoms with E-state index in [-0.39, 0.29) is 30.8 Å². The summed E-state index contributed by atoms with van der Waals surface area (Å²) in [5.74, 6) is 0.977. The SMILES string of the molecule is CSc1ncc2c(n1)N(C13CC(C1)[C@H]3C)C(=O)[C@@]1(CCN(C(=O)OC(C)(C)C)C1=O)C2. The van der Waals surface area contributed by atoms with E-state index in [0.29, 0.717) is 22.8 Å². The molecular formula is C22H28N4O4S. The van der Waals surface area contributed by atoms with Crippen LogP contribution in [0.1, 0.15) is 52.5 Å². The number of nitrogens with zero attached hydrogens (tertiary/aromatic N) is 4. The van der Waals surface area contributed by atoms with Gasteiger partial charge in [0.1, 0.15) is 16.8 Å². The molecule has 31 heavy (non-hydrogen) atoms. The van der Waals surface area contributed by atoms with Crippen molar-refractivity contribution in [3.05, 3.63) is 11.8 Å². The maximum absolute atomic E-state index is 14.0. The maximum atomic E-state index is 14.0. The number of ether oxygens (including phenoxy) is 1. The number of likely N-dealkylation sites (tertiary alicyclic amines) is 1. The summed E-state index contributed by atoms with van der Waals surface area (Å²) in [6.07, 6.45) is 5.36. The molecule has 3 amide bonds. The monoisotopic (exact) mass is 444 g/mol. The highest BCUT2D eigenvalue weighted by Crippen LogP contribution is 2.67. The fourth-order valence-electron chi connectivity index (χ4n) is 5.62. The molecule has 4 fully saturated rings. The number of carbonyl (C=O) groups excluding carboxylic acids is 3. The molecule has 1 aromatic rings. The van der Waals surface area contributed by atoms with Gasteiger partial charge in [0, 0.05) is 24.7 Å². The van der Waals surface area contributed by atoms with Crippen LogP contribution in [0.3, 0.4) is 0 Å². The van der Waals surface area contributed by atoms with E-state index >= 15 is 0 Å². The van der Waals surface area contributed by atoms with Crippen molar-refractivity contribution in [3.8, 4) is 0 Å². The van der Waals surface area contributed by atoms with Gasteiger partial charge in [0.25, 0.3) is 0 Å². The molecule has 1 spiro atoms. The summed E-state index contributed by atoms with van der Waals surface area (Å²) in [6.45, 7) is 7.63. The first kappa shape index (κ1) is 20.7. The van der Waals surface area contributed by atoms with Gasteiger partial charge < -0.3 is 4.74 Å². The summed E-state index contributed by atoms with van der Waals surface area (Å²) in [5.41, 5.74) is -1.48. The Kier molecular flexibility index (Phi) is 4.30. The minimum Gasteiger partial charge on any atom is -0.443 e. The van der Waals surface area contributed by atoms with Gasteiger partial charge in [0.05, 0.1) is 5.54 Å². The highest BCUT2D eigenvalue weighted by Gasteiger charge is 2.71. The van der Waals surface area contributed by atoms with Crippen LogP contribution < -0.4 is 4.90 Å². The summed E-state index contributed by atoms with van der Waals surface area (Å²) in [4.78, 5) is 52.3. The average molecular weight is 445 g/mol. The quantitative estimate of drug-likeness (QED) is 0.393. The van der Waals surface area contributed by atoms with Crippen molar-refractivity contribution in [2.45, 2.75) is 69.7 Å². The molecule has 3 heterocycles. The Morgan fingerprint density at radius 2 is 1.97 bits per heavy atom. The molecule has 1 aromatic heterocycles.